The zero-order chi connectivity index (χ0) is 15.3. The largest absolute Gasteiger partial charge is 0.294 e. The number of Topliss-reactive ketones (excluding diaryl/α,β-unsaturated/α-hetero) is 1. The van der Waals surface area contributed by atoms with Gasteiger partial charge < -0.3 is 0 Å². The second kappa shape index (κ2) is 5.10. The molecule has 0 fully saturated rings. The number of rotatable bonds is 1. The van der Waals surface area contributed by atoms with Gasteiger partial charge in [0.15, 0.2) is 5.78 Å². The minimum absolute atomic E-state index is 0.0600. The van der Waals surface area contributed by atoms with E-state index in [2.05, 4.69) is 24.3 Å². The highest BCUT2D eigenvalue weighted by molar-refractivity contribution is 6.39. The molecule has 0 unspecified atom stereocenters. The highest BCUT2D eigenvalue weighted by atomic mass is 35.5. The first-order chi connectivity index (χ1) is 10.7. The molecule has 1 nitrogen and oxygen atoms in total. The molecule has 22 heavy (non-hydrogen) atoms. The number of hydrogen-bond donors (Lipinski definition) is 0. The topological polar surface area (TPSA) is 17.1 Å². The number of benzene rings is 3. The van der Waals surface area contributed by atoms with Gasteiger partial charge in [-0.05, 0) is 66.0 Å². The summed E-state index contributed by atoms with van der Waals surface area (Å²) in [7, 11) is 0. The summed E-state index contributed by atoms with van der Waals surface area (Å²) in [4.78, 5) is 11.9. The van der Waals surface area contributed by atoms with Crippen molar-refractivity contribution >= 4 is 38.9 Å². The van der Waals surface area contributed by atoms with Crippen LogP contribution in [0.15, 0.2) is 36.4 Å². The summed E-state index contributed by atoms with van der Waals surface area (Å²) in [5.74, 6) is 0.0600. The predicted octanol–water partition coefficient (Wildman–Crippen LogP) is 5.73. The van der Waals surface area contributed by atoms with Crippen molar-refractivity contribution in [1.29, 1.82) is 0 Å². The minimum atomic E-state index is 0.0600. The van der Waals surface area contributed by atoms with Gasteiger partial charge in [-0.25, -0.2) is 0 Å². The smallest absolute Gasteiger partial charge is 0.160 e. The van der Waals surface area contributed by atoms with E-state index in [1.807, 2.05) is 12.1 Å². The van der Waals surface area contributed by atoms with Crippen molar-refractivity contribution in [3.05, 3.63) is 58.1 Å². The summed E-state index contributed by atoms with van der Waals surface area (Å²) in [5, 5.41) is 5.13. The van der Waals surface area contributed by atoms with Gasteiger partial charge in [-0.1, -0.05) is 41.9 Å². The summed E-state index contributed by atoms with van der Waals surface area (Å²) in [6, 6.07) is 12.4. The zero-order valence-corrected chi connectivity index (χ0v) is 13.3. The molecule has 0 amide bonds. The average Bonchev–Trinajstić information content (AvgIpc) is 2.54. The maximum atomic E-state index is 11.9. The normalized spacial score (nSPS) is 14.3. The Hall–Kier alpha value is -1.86. The Bertz CT molecular complexity index is 924. The van der Waals surface area contributed by atoms with Gasteiger partial charge >= 0.3 is 0 Å². The van der Waals surface area contributed by atoms with Crippen LogP contribution in [0.3, 0.4) is 0 Å². The van der Waals surface area contributed by atoms with Crippen LogP contribution >= 0.6 is 11.6 Å². The zero-order valence-electron chi connectivity index (χ0n) is 12.6. The predicted molar refractivity (Wildman–Crippen MR) is 93.1 cm³/mol. The molecule has 0 radical (unpaired) electrons. The fourth-order valence-corrected chi connectivity index (χ4v) is 4.10. The molecule has 0 atom stereocenters. The molecule has 0 aromatic heterocycles. The summed E-state index contributed by atoms with van der Waals surface area (Å²) in [5.41, 5.74) is 3.61. The second-order valence-corrected chi connectivity index (χ2v) is 6.56. The van der Waals surface area contributed by atoms with Crippen LogP contribution in [-0.4, -0.2) is 5.78 Å². The van der Waals surface area contributed by atoms with E-state index >= 15 is 0 Å². The molecule has 4 rings (SSSR count). The molecule has 0 bridgehead atoms. The Balaban J connectivity index is 2.17. The Morgan fingerprint density at radius 3 is 2.64 bits per heavy atom. The number of carbonyl (C=O) groups excluding carboxylic acids is 1. The molecular weight excluding hydrogens is 292 g/mol. The molecule has 0 saturated heterocycles. The van der Waals surface area contributed by atoms with E-state index in [1.54, 1.807) is 6.92 Å². The van der Waals surface area contributed by atoms with Gasteiger partial charge in [0.05, 0.1) is 0 Å². The lowest BCUT2D eigenvalue weighted by Crippen LogP contribution is -2.03. The first-order valence-electron chi connectivity index (χ1n) is 7.83. The van der Waals surface area contributed by atoms with Crippen LogP contribution in [0, 0.1) is 0 Å². The van der Waals surface area contributed by atoms with Gasteiger partial charge in [0, 0.05) is 16.0 Å². The standard InChI is InChI=1S/C20H17ClO/c1-12(22)14-7-4-8-17-16-10-9-13-5-2-3-6-15(13)18(16)11-19(21)20(14)17/h4,7-11H,2-3,5-6H2,1H3. The monoisotopic (exact) mass is 308 g/mol. The van der Waals surface area contributed by atoms with E-state index in [4.69, 9.17) is 11.6 Å². The SMILES string of the molecule is CC(=O)c1cccc2c1c(Cl)cc1c3c(ccc12)CCCC3. The van der Waals surface area contributed by atoms with Crippen molar-refractivity contribution in [3.63, 3.8) is 0 Å². The fourth-order valence-electron chi connectivity index (χ4n) is 3.78. The third-order valence-electron chi connectivity index (χ3n) is 4.82. The Morgan fingerprint density at radius 1 is 1.00 bits per heavy atom. The van der Waals surface area contributed by atoms with Crippen LogP contribution in [0.2, 0.25) is 5.02 Å². The summed E-state index contributed by atoms with van der Waals surface area (Å²) >= 11 is 6.58. The van der Waals surface area contributed by atoms with E-state index < -0.39 is 0 Å². The number of carbonyl (C=O) groups is 1. The number of aryl methyl sites for hydroxylation is 2. The van der Waals surface area contributed by atoms with Gasteiger partial charge in [0.1, 0.15) is 0 Å². The van der Waals surface area contributed by atoms with Crippen molar-refractivity contribution in [3.8, 4) is 0 Å². The number of fused-ring (bicyclic) bond motifs is 5. The van der Waals surface area contributed by atoms with E-state index in [0.29, 0.717) is 10.6 Å². The van der Waals surface area contributed by atoms with Crippen LogP contribution in [0.5, 0.6) is 0 Å². The molecule has 110 valence electrons. The molecule has 2 heteroatoms. The van der Waals surface area contributed by atoms with Crippen molar-refractivity contribution < 1.29 is 4.79 Å². The molecule has 0 saturated carbocycles. The van der Waals surface area contributed by atoms with E-state index in [-0.39, 0.29) is 5.78 Å². The lowest BCUT2D eigenvalue weighted by molar-refractivity contribution is 0.101. The maximum absolute atomic E-state index is 11.9. The molecular formula is C20H17ClO. The van der Waals surface area contributed by atoms with E-state index in [1.165, 1.54) is 34.7 Å². The van der Waals surface area contributed by atoms with Crippen molar-refractivity contribution in [2.45, 2.75) is 32.6 Å². The Kier molecular flexibility index (Phi) is 3.19. The minimum Gasteiger partial charge on any atom is -0.294 e. The van der Waals surface area contributed by atoms with Gasteiger partial charge in [-0.3, -0.25) is 4.79 Å². The van der Waals surface area contributed by atoms with E-state index in [0.717, 1.165) is 23.6 Å². The van der Waals surface area contributed by atoms with Crippen LogP contribution < -0.4 is 0 Å². The number of halogens is 1. The number of hydrogen-bond acceptors (Lipinski definition) is 1. The van der Waals surface area contributed by atoms with Gasteiger partial charge in [-0.2, -0.15) is 0 Å². The fraction of sp³-hybridized carbons (Fsp3) is 0.250. The van der Waals surface area contributed by atoms with Gasteiger partial charge in [0.2, 0.25) is 0 Å². The van der Waals surface area contributed by atoms with Gasteiger partial charge in [-0.15, -0.1) is 0 Å². The second-order valence-electron chi connectivity index (χ2n) is 6.15. The first kappa shape index (κ1) is 13.8. The van der Waals surface area contributed by atoms with Crippen LogP contribution in [0.4, 0.5) is 0 Å². The highest BCUT2D eigenvalue weighted by Crippen LogP contribution is 2.38. The summed E-state index contributed by atoms with van der Waals surface area (Å²) in [6.45, 7) is 1.60. The van der Waals surface area contributed by atoms with Crippen LogP contribution in [0.1, 0.15) is 41.3 Å². The molecule has 0 N–H and O–H groups in total. The molecule has 0 spiro atoms. The maximum Gasteiger partial charge on any atom is 0.160 e. The molecule has 3 aromatic carbocycles. The average molecular weight is 309 g/mol. The number of ketones is 1. The molecule has 1 aliphatic carbocycles. The third-order valence-corrected chi connectivity index (χ3v) is 5.12. The first-order valence-corrected chi connectivity index (χ1v) is 8.21. The molecule has 1 aliphatic rings. The molecule has 0 heterocycles. The Morgan fingerprint density at radius 2 is 1.82 bits per heavy atom. The lowest BCUT2D eigenvalue weighted by atomic mass is 9.86. The molecule has 3 aromatic rings. The lowest BCUT2D eigenvalue weighted by Gasteiger charge is -2.19. The summed E-state index contributed by atoms with van der Waals surface area (Å²) < 4.78 is 0. The summed E-state index contributed by atoms with van der Waals surface area (Å²) in [6.07, 6.45) is 4.80. The van der Waals surface area contributed by atoms with Crippen molar-refractivity contribution in [1.82, 2.24) is 0 Å². The third kappa shape index (κ3) is 1.96. The van der Waals surface area contributed by atoms with Crippen molar-refractivity contribution in [2.24, 2.45) is 0 Å². The van der Waals surface area contributed by atoms with Crippen molar-refractivity contribution in [2.75, 3.05) is 0 Å². The highest BCUT2D eigenvalue weighted by Gasteiger charge is 2.17. The van der Waals surface area contributed by atoms with Gasteiger partial charge in [0.25, 0.3) is 0 Å². The van der Waals surface area contributed by atoms with E-state index in [9.17, 15) is 4.79 Å². The van der Waals surface area contributed by atoms with Crippen LogP contribution in [-0.2, 0) is 12.8 Å². The Labute approximate surface area is 134 Å². The van der Waals surface area contributed by atoms with Crippen LogP contribution in [0.25, 0.3) is 21.5 Å². The molecule has 0 aliphatic heterocycles. The quantitative estimate of drug-likeness (QED) is 0.414.